The van der Waals surface area contributed by atoms with E-state index in [0.717, 1.165) is 5.56 Å². The molecule has 0 aliphatic carbocycles. The van der Waals surface area contributed by atoms with Gasteiger partial charge < -0.3 is 19.0 Å². The minimum atomic E-state index is 0.147. The molecule has 2 N–H and O–H groups in total. The highest BCUT2D eigenvalue weighted by Crippen LogP contribution is 2.39. The molecule has 0 saturated heterocycles. The van der Waals surface area contributed by atoms with Crippen LogP contribution >= 0.6 is 0 Å². The molecular formula is C12H19NO4. The molecule has 0 spiro atoms. The maximum absolute atomic E-state index is 5.27. The van der Waals surface area contributed by atoms with Crippen molar-refractivity contribution in [2.24, 2.45) is 5.90 Å². The number of rotatable bonds is 6. The normalized spacial score (nSPS) is 12.1. The zero-order valence-electron chi connectivity index (χ0n) is 10.6. The molecule has 17 heavy (non-hydrogen) atoms. The number of methoxy groups -OCH3 is 3. The maximum atomic E-state index is 5.27. The number of nitrogens with two attached hydrogens (primary N) is 1. The van der Waals surface area contributed by atoms with Gasteiger partial charge in [0.05, 0.1) is 27.9 Å². The molecule has 1 aromatic rings. The summed E-state index contributed by atoms with van der Waals surface area (Å²) in [6, 6.07) is 3.79. The quantitative estimate of drug-likeness (QED) is 0.768. The largest absolute Gasteiger partial charge is 0.493 e. The van der Waals surface area contributed by atoms with Crippen molar-refractivity contribution in [3.8, 4) is 17.2 Å². The second-order valence-electron chi connectivity index (χ2n) is 3.69. The van der Waals surface area contributed by atoms with Gasteiger partial charge in [0.25, 0.3) is 0 Å². The number of hydrogen-bond donors (Lipinski definition) is 1. The standard InChI is InChI=1S/C12H19NO4/c1-8(7-17-13)9-5-10(14-2)12(16-4)11(6-9)15-3/h5-6,8H,7,13H2,1-4H3. The van der Waals surface area contributed by atoms with Crippen LogP contribution in [0.4, 0.5) is 0 Å². The lowest BCUT2D eigenvalue weighted by atomic mass is 10.0. The van der Waals surface area contributed by atoms with Gasteiger partial charge in [-0.2, -0.15) is 0 Å². The Kier molecular flexibility index (Phi) is 5.06. The molecule has 96 valence electrons. The van der Waals surface area contributed by atoms with E-state index in [1.165, 1.54) is 0 Å². The molecule has 0 bridgehead atoms. The summed E-state index contributed by atoms with van der Waals surface area (Å²) in [6.45, 7) is 2.44. The van der Waals surface area contributed by atoms with Crippen molar-refractivity contribution in [1.82, 2.24) is 0 Å². The van der Waals surface area contributed by atoms with E-state index in [-0.39, 0.29) is 5.92 Å². The van der Waals surface area contributed by atoms with Crippen molar-refractivity contribution in [3.63, 3.8) is 0 Å². The molecule has 0 aromatic heterocycles. The van der Waals surface area contributed by atoms with Crippen LogP contribution in [-0.2, 0) is 4.84 Å². The first-order chi connectivity index (χ1) is 8.17. The average molecular weight is 241 g/mol. The fourth-order valence-electron chi connectivity index (χ4n) is 1.63. The van der Waals surface area contributed by atoms with Crippen molar-refractivity contribution in [2.75, 3.05) is 27.9 Å². The van der Waals surface area contributed by atoms with E-state index >= 15 is 0 Å². The first-order valence-electron chi connectivity index (χ1n) is 5.29. The van der Waals surface area contributed by atoms with Crippen LogP contribution in [0.1, 0.15) is 18.4 Å². The molecule has 0 heterocycles. The third-order valence-electron chi connectivity index (χ3n) is 2.60. The van der Waals surface area contributed by atoms with Gasteiger partial charge in [0, 0.05) is 5.92 Å². The predicted octanol–water partition coefficient (Wildman–Crippen LogP) is 1.71. The lowest BCUT2D eigenvalue weighted by Gasteiger charge is -2.17. The Morgan fingerprint density at radius 3 is 1.94 bits per heavy atom. The van der Waals surface area contributed by atoms with Gasteiger partial charge >= 0.3 is 0 Å². The number of hydrogen-bond acceptors (Lipinski definition) is 5. The molecule has 0 saturated carbocycles. The predicted molar refractivity (Wildman–Crippen MR) is 64.7 cm³/mol. The summed E-state index contributed by atoms with van der Waals surface area (Å²) >= 11 is 0. The van der Waals surface area contributed by atoms with Gasteiger partial charge in [0.15, 0.2) is 11.5 Å². The van der Waals surface area contributed by atoms with Gasteiger partial charge in [-0.15, -0.1) is 0 Å². The molecule has 0 radical (unpaired) electrons. The van der Waals surface area contributed by atoms with Crippen LogP contribution in [0.15, 0.2) is 12.1 Å². The first kappa shape index (κ1) is 13.6. The Balaban J connectivity index is 3.17. The third kappa shape index (κ3) is 3.01. The minimum absolute atomic E-state index is 0.147. The van der Waals surface area contributed by atoms with Gasteiger partial charge in [0.1, 0.15) is 0 Å². The van der Waals surface area contributed by atoms with Crippen molar-refractivity contribution in [2.45, 2.75) is 12.8 Å². The Morgan fingerprint density at radius 1 is 1.06 bits per heavy atom. The molecular weight excluding hydrogens is 222 g/mol. The zero-order valence-corrected chi connectivity index (χ0v) is 10.6. The first-order valence-corrected chi connectivity index (χ1v) is 5.29. The van der Waals surface area contributed by atoms with Crippen LogP contribution < -0.4 is 20.1 Å². The van der Waals surface area contributed by atoms with Crippen molar-refractivity contribution in [1.29, 1.82) is 0 Å². The van der Waals surface area contributed by atoms with Crippen LogP contribution in [-0.4, -0.2) is 27.9 Å². The average Bonchev–Trinajstić information content (AvgIpc) is 2.37. The minimum Gasteiger partial charge on any atom is -0.493 e. The topological polar surface area (TPSA) is 62.9 Å². The molecule has 0 aliphatic rings. The van der Waals surface area contributed by atoms with Crippen LogP contribution in [0.2, 0.25) is 0 Å². The van der Waals surface area contributed by atoms with Crippen molar-refractivity contribution in [3.05, 3.63) is 17.7 Å². The highest BCUT2D eigenvalue weighted by Gasteiger charge is 2.16. The lowest BCUT2D eigenvalue weighted by molar-refractivity contribution is 0.126. The molecule has 1 aromatic carbocycles. The highest BCUT2D eigenvalue weighted by atomic mass is 16.6. The Labute approximate surface area is 101 Å². The maximum Gasteiger partial charge on any atom is 0.203 e. The van der Waals surface area contributed by atoms with Crippen molar-refractivity contribution >= 4 is 0 Å². The summed E-state index contributed by atoms with van der Waals surface area (Å²) in [5.41, 5.74) is 1.02. The smallest absolute Gasteiger partial charge is 0.203 e. The molecule has 1 rings (SSSR count). The summed E-state index contributed by atoms with van der Waals surface area (Å²) in [5.74, 6) is 7.07. The van der Waals surface area contributed by atoms with Gasteiger partial charge in [-0.05, 0) is 17.7 Å². The van der Waals surface area contributed by atoms with Gasteiger partial charge in [-0.3, -0.25) is 0 Å². The Bertz CT molecular complexity index is 343. The molecule has 0 aliphatic heterocycles. The number of benzene rings is 1. The molecule has 5 heteroatoms. The summed E-state index contributed by atoms with van der Waals surface area (Å²) in [6.07, 6.45) is 0. The lowest BCUT2D eigenvalue weighted by Crippen LogP contribution is -2.09. The van der Waals surface area contributed by atoms with E-state index in [9.17, 15) is 0 Å². The molecule has 1 unspecified atom stereocenters. The number of ether oxygens (including phenoxy) is 3. The highest BCUT2D eigenvalue weighted by molar-refractivity contribution is 5.54. The zero-order chi connectivity index (χ0) is 12.8. The SMILES string of the molecule is COc1cc(C(C)CON)cc(OC)c1OC. The molecule has 5 nitrogen and oxygen atoms in total. The summed E-state index contributed by atoms with van der Waals surface area (Å²) in [5, 5.41) is 0. The third-order valence-corrected chi connectivity index (χ3v) is 2.60. The van der Waals surface area contributed by atoms with Crippen LogP contribution in [0.5, 0.6) is 17.2 Å². The van der Waals surface area contributed by atoms with E-state index in [2.05, 4.69) is 4.84 Å². The van der Waals surface area contributed by atoms with Crippen LogP contribution in [0.25, 0.3) is 0 Å². The molecule has 0 fully saturated rings. The van der Waals surface area contributed by atoms with Gasteiger partial charge in [-0.1, -0.05) is 6.92 Å². The van der Waals surface area contributed by atoms with Crippen LogP contribution in [0.3, 0.4) is 0 Å². The summed E-state index contributed by atoms with van der Waals surface area (Å²) in [4.78, 5) is 4.65. The summed E-state index contributed by atoms with van der Waals surface area (Å²) in [7, 11) is 4.75. The van der Waals surface area contributed by atoms with Crippen LogP contribution in [0, 0.1) is 0 Å². The second-order valence-corrected chi connectivity index (χ2v) is 3.69. The monoisotopic (exact) mass is 241 g/mol. The van der Waals surface area contributed by atoms with E-state index in [4.69, 9.17) is 20.1 Å². The van der Waals surface area contributed by atoms with E-state index < -0.39 is 0 Å². The van der Waals surface area contributed by atoms with Gasteiger partial charge in [-0.25, -0.2) is 5.90 Å². The van der Waals surface area contributed by atoms with E-state index in [0.29, 0.717) is 23.9 Å². The van der Waals surface area contributed by atoms with E-state index in [1.54, 1.807) is 21.3 Å². The van der Waals surface area contributed by atoms with Gasteiger partial charge in [0.2, 0.25) is 5.75 Å². The fraction of sp³-hybridized carbons (Fsp3) is 0.500. The molecule has 0 amide bonds. The second kappa shape index (κ2) is 6.32. The Hall–Kier alpha value is -1.46. The van der Waals surface area contributed by atoms with Crippen molar-refractivity contribution < 1.29 is 19.0 Å². The Morgan fingerprint density at radius 2 is 1.59 bits per heavy atom. The molecule has 1 atom stereocenters. The fourth-order valence-corrected chi connectivity index (χ4v) is 1.63. The summed E-state index contributed by atoms with van der Waals surface area (Å²) < 4.78 is 15.8. The van der Waals surface area contributed by atoms with E-state index in [1.807, 2.05) is 19.1 Å².